The van der Waals surface area contributed by atoms with Gasteiger partial charge in [0.05, 0.1) is 23.2 Å². The Morgan fingerprint density at radius 1 is 1.00 bits per heavy atom. The van der Waals surface area contributed by atoms with E-state index in [1.165, 1.54) is 5.56 Å². The first kappa shape index (κ1) is 20.0. The molecular weight excluding hydrogens is 405 g/mol. The van der Waals surface area contributed by atoms with Crippen LogP contribution in [0.5, 0.6) is 0 Å². The highest BCUT2D eigenvalue weighted by Crippen LogP contribution is 2.24. The number of halogens is 2. The fourth-order valence-electron chi connectivity index (χ4n) is 3.43. The molecule has 0 atom stereocenters. The van der Waals surface area contributed by atoms with Gasteiger partial charge >= 0.3 is 0 Å². The third-order valence-corrected chi connectivity index (χ3v) is 5.65. The van der Waals surface area contributed by atoms with Gasteiger partial charge < -0.3 is 0 Å². The molecule has 3 aromatic rings. The van der Waals surface area contributed by atoms with Crippen LogP contribution in [0.1, 0.15) is 16.8 Å². The Kier molecular flexibility index (Phi) is 6.19. The van der Waals surface area contributed by atoms with E-state index in [4.69, 9.17) is 23.2 Å². The van der Waals surface area contributed by atoms with Gasteiger partial charge in [0.2, 0.25) is 0 Å². The number of rotatable bonds is 5. The highest BCUT2D eigenvalue weighted by molar-refractivity contribution is 6.32. The van der Waals surface area contributed by atoms with Gasteiger partial charge in [-0.1, -0.05) is 59.6 Å². The molecule has 0 aliphatic carbocycles. The lowest BCUT2D eigenvalue weighted by molar-refractivity contribution is 0.131. The zero-order chi connectivity index (χ0) is 20.2. The van der Waals surface area contributed by atoms with Crippen LogP contribution < -0.4 is 0 Å². The molecular formula is C22H23Cl2N5. The van der Waals surface area contributed by atoms with Gasteiger partial charge in [-0.05, 0) is 30.7 Å². The van der Waals surface area contributed by atoms with Crippen molar-refractivity contribution in [3.05, 3.63) is 81.6 Å². The summed E-state index contributed by atoms with van der Waals surface area (Å²) in [5, 5.41) is 12.5. The van der Waals surface area contributed by atoms with Crippen LogP contribution in [0.3, 0.4) is 0 Å². The summed E-state index contributed by atoms with van der Waals surface area (Å²) in [6, 6.07) is 18.1. The highest BCUT2D eigenvalue weighted by Gasteiger charge is 2.17. The molecule has 0 amide bonds. The second kappa shape index (κ2) is 8.99. The third-order valence-electron chi connectivity index (χ3n) is 5.05. The smallest absolute Gasteiger partial charge is 0.142 e. The second-order valence-electron chi connectivity index (χ2n) is 7.14. The molecule has 5 nitrogen and oxygen atoms in total. The summed E-state index contributed by atoms with van der Waals surface area (Å²) < 4.78 is 1.70. The molecule has 29 heavy (non-hydrogen) atoms. The monoisotopic (exact) mass is 427 g/mol. The van der Waals surface area contributed by atoms with Crippen LogP contribution in [-0.4, -0.2) is 52.1 Å². The lowest BCUT2D eigenvalue weighted by Crippen LogP contribution is -2.43. The molecule has 7 heteroatoms. The van der Waals surface area contributed by atoms with Crippen molar-refractivity contribution < 1.29 is 0 Å². The van der Waals surface area contributed by atoms with Gasteiger partial charge in [-0.25, -0.2) is 4.68 Å². The number of nitrogens with zero attached hydrogens (tertiary/aromatic N) is 5. The minimum Gasteiger partial charge on any atom is -0.295 e. The molecule has 0 radical (unpaired) electrons. The lowest BCUT2D eigenvalue weighted by atomic mass is 10.2. The predicted molar refractivity (Wildman–Crippen MR) is 119 cm³/mol. The molecule has 0 unspecified atom stereocenters. The molecule has 0 N–H and O–H groups in total. The topological polar surface area (TPSA) is 36.7 Å². The Morgan fingerprint density at radius 2 is 1.76 bits per heavy atom. The van der Waals surface area contributed by atoms with Crippen molar-refractivity contribution in [2.24, 2.45) is 5.10 Å². The molecule has 150 valence electrons. The van der Waals surface area contributed by atoms with Gasteiger partial charge in [0.25, 0.3) is 0 Å². The average Bonchev–Trinajstić information content (AvgIpc) is 3.02. The van der Waals surface area contributed by atoms with Crippen molar-refractivity contribution in [1.82, 2.24) is 19.7 Å². The van der Waals surface area contributed by atoms with E-state index in [9.17, 15) is 0 Å². The minimum atomic E-state index is 0.538. The summed E-state index contributed by atoms with van der Waals surface area (Å²) >= 11 is 12.7. The van der Waals surface area contributed by atoms with E-state index >= 15 is 0 Å². The molecule has 1 aliphatic rings. The summed E-state index contributed by atoms with van der Waals surface area (Å²) in [4.78, 5) is 2.46. The molecule has 0 bridgehead atoms. The Balaban J connectivity index is 1.40. The number of hydrogen-bond acceptors (Lipinski definition) is 4. The van der Waals surface area contributed by atoms with Gasteiger partial charge in [-0.3, -0.25) is 9.91 Å². The number of aryl methyl sites for hydroxylation is 1. The van der Waals surface area contributed by atoms with E-state index in [0.717, 1.165) is 49.7 Å². The van der Waals surface area contributed by atoms with Gasteiger partial charge in [0, 0.05) is 37.7 Å². The van der Waals surface area contributed by atoms with Crippen molar-refractivity contribution in [2.45, 2.75) is 13.5 Å². The summed E-state index contributed by atoms with van der Waals surface area (Å²) in [7, 11) is 0. The molecule has 2 aromatic carbocycles. The third kappa shape index (κ3) is 4.81. The summed E-state index contributed by atoms with van der Waals surface area (Å²) in [5.41, 5.74) is 3.85. The number of piperazine rings is 1. The Hall–Kier alpha value is -2.34. The summed E-state index contributed by atoms with van der Waals surface area (Å²) in [6.07, 6.45) is 1.82. The van der Waals surface area contributed by atoms with Crippen LogP contribution in [0.25, 0.3) is 5.69 Å². The van der Waals surface area contributed by atoms with Crippen LogP contribution >= 0.6 is 23.2 Å². The van der Waals surface area contributed by atoms with Crippen molar-refractivity contribution >= 4 is 29.4 Å². The van der Waals surface area contributed by atoms with Crippen LogP contribution in [0.2, 0.25) is 10.2 Å². The van der Waals surface area contributed by atoms with E-state index in [-0.39, 0.29) is 0 Å². The van der Waals surface area contributed by atoms with Crippen LogP contribution in [0, 0.1) is 6.92 Å². The van der Waals surface area contributed by atoms with Crippen molar-refractivity contribution in [1.29, 1.82) is 0 Å². The molecule has 0 saturated carbocycles. The van der Waals surface area contributed by atoms with E-state index in [2.05, 4.69) is 50.4 Å². The van der Waals surface area contributed by atoms with Gasteiger partial charge in [0.1, 0.15) is 5.15 Å². The van der Waals surface area contributed by atoms with E-state index < -0.39 is 0 Å². The van der Waals surface area contributed by atoms with Crippen LogP contribution in [0.15, 0.2) is 59.7 Å². The molecule has 1 saturated heterocycles. The molecule has 2 heterocycles. The Labute approximate surface area is 181 Å². The summed E-state index contributed by atoms with van der Waals surface area (Å²) in [5.74, 6) is 0. The standard InChI is InChI=1S/C22H23Cl2N5/c1-17-21(22(24)29(26-17)20-9-5-8-19(23)14-20)15-25-28-12-10-27(11-13-28)16-18-6-3-2-4-7-18/h2-9,14-15H,10-13,16H2,1H3/b25-15+. The predicted octanol–water partition coefficient (Wildman–Crippen LogP) is 4.64. The highest BCUT2D eigenvalue weighted by atomic mass is 35.5. The Bertz CT molecular complexity index is 992. The first-order chi connectivity index (χ1) is 14.1. The maximum atomic E-state index is 6.59. The maximum Gasteiger partial charge on any atom is 0.142 e. The number of hydrazone groups is 1. The van der Waals surface area contributed by atoms with E-state index in [1.54, 1.807) is 4.68 Å². The van der Waals surface area contributed by atoms with E-state index in [1.807, 2.05) is 37.4 Å². The van der Waals surface area contributed by atoms with Gasteiger partial charge in [-0.15, -0.1) is 0 Å². The summed E-state index contributed by atoms with van der Waals surface area (Å²) in [6.45, 7) is 6.67. The minimum absolute atomic E-state index is 0.538. The molecule has 1 aromatic heterocycles. The van der Waals surface area contributed by atoms with Crippen LogP contribution in [-0.2, 0) is 6.54 Å². The zero-order valence-electron chi connectivity index (χ0n) is 16.3. The fraction of sp³-hybridized carbons (Fsp3) is 0.273. The quantitative estimate of drug-likeness (QED) is 0.556. The molecule has 1 aliphatic heterocycles. The van der Waals surface area contributed by atoms with Gasteiger partial charge in [-0.2, -0.15) is 10.2 Å². The zero-order valence-corrected chi connectivity index (χ0v) is 17.8. The van der Waals surface area contributed by atoms with Gasteiger partial charge in [0.15, 0.2) is 0 Å². The fourth-order valence-corrected chi connectivity index (χ4v) is 3.93. The normalized spacial score (nSPS) is 15.3. The lowest BCUT2D eigenvalue weighted by Gasteiger charge is -2.33. The molecule has 4 rings (SSSR count). The average molecular weight is 428 g/mol. The maximum absolute atomic E-state index is 6.59. The number of hydrogen-bond donors (Lipinski definition) is 0. The molecule has 0 spiro atoms. The van der Waals surface area contributed by atoms with Crippen molar-refractivity contribution in [3.8, 4) is 5.69 Å². The second-order valence-corrected chi connectivity index (χ2v) is 7.94. The van der Waals surface area contributed by atoms with Crippen LogP contribution in [0.4, 0.5) is 0 Å². The number of aromatic nitrogens is 2. The SMILES string of the molecule is Cc1nn(-c2cccc(Cl)c2)c(Cl)c1/C=N/N1CCN(Cc2ccccc2)CC1. The Morgan fingerprint density at radius 3 is 2.48 bits per heavy atom. The first-order valence-electron chi connectivity index (χ1n) is 9.66. The van der Waals surface area contributed by atoms with Crippen molar-refractivity contribution in [3.63, 3.8) is 0 Å². The largest absolute Gasteiger partial charge is 0.295 e. The number of benzene rings is 2. The molecule has 1 fully saturated rings. The first-order valence-corrected chi connectivity index (χ1v) is 10.4. The van der Waals surface area contributed by atoms with Crippen molar-refractivity contribution in [2.75, 3.05) is 26.2 Å². The van der Waals surface area contributed by atoms with E-state index in [0.29, 0.717) is 10.2 Å².